The number of rotatable bonds is 12. The largest absolute Gasteiger partial charge is 0.393 e. The van der Waals surface area contributed by atoms with Crippen molar-refractivity contribution in [1.29, 1.82) is 0 Å². The monoisotopic (exact) mass is 909 g/mol. The van der Waals surface area contributed by atoms with Crippen molar-refractivity contribution in [3.63, 3.8) is 0 Å². The smallest absolute Gasteiger partial charge is 0.275 e. The van der Waals surface area contributed by atoms with Gasteiger partial charge in [0.15, 0.2) is 9.05 Å². The number of thiazole rings is 2. The minimum absolute atomic E-state index is 0.181. The van der Waals surface area contributed by atoms with Crippen LogP contribution < -0.4 is 47.9 Å². The molecule has 4 aromatic rings. The predicted octanol–water partition coefficient (Wildman–Crippen LogP) is 4.36. The van der Waals surface area contributed by atoms with Crippen LogP contribution in [0.2, 0.25) is 0 Å². The van der Waals surface area contributed by atoms with Gasteiger partial charge in [0.2, 0.25) is 11.8 Å². The Morgan fingerprint density at radius 3 is 1.66 bits per heavy atom. The summed E-state index contributed by atoms with van der Waals surface area (Å²) < 4.78 is 0.668. The van der Waals surface area contributed by atoms with E-state index in [9.17, 15) is 24.3 Å². The number of carbonyl (C=O) groups excluding carboxylic acids is 4. The molecule has 2 saturated heterocycles. The van der Waals surface area contributed by atoms with Gasteiger partial charge in [0.1, 0.15) is 22.5 Å². The van der Waals surface area contributed by atoms with Crippen molar-refractivity contribution in [2.45, 2.75) is 74.6 Å². The zero-order valence-corrected chi connectivity index (χ0v) is 36.4. The van der Waals surface area contributed by atoms with E-state index in [-0.39, 0.29) is 35.8 Å². The van der Waals surface area contributed by atoms with Crippen molar-refractivity contribution in [2.24, 2.45) is 11.5 Å². The molecule has 16 nitrogen and oxygen atoms in total. The fourth-order valence-corrected chi connectivity index (χ4v) is 9.61. The lowest BCUT2D eigenvalue weighted by atomic mass is 9.86. The van der Waals surface area contributed by atoms with Crippen molar-refractivity contribution >= 4 is 90.1 Å². The number of aromatic nitrogens is 2. The molecule has 3 fully saturated rings. The molecule has 3 aliphatic rings. The van der Waals surface area contributed by atoms with E-state index in [2.05, 4.69) is 62.3 Å². The second-order valence-electron chi connectivity index (χ2n) is 15.0. The van der Waals surface area contributed by atoms with Crippen LogP contribution in [-0.2, 0) is 9.59 Å². The first-order chi connectivity index (χ1) is 28.3. The first-order valence-electron chi connectivity index (χ1n) is 19.6. The molecule has 10 N–H and O–H groups in total. The van der Waals surface area contributed by atoms with E-state index in [1.54, 1.807) is 24.9 Å². The van der Waals surface area contributed by atoms with E-state index in [1.807, 2.05) is 48.5 Å². The maximum Gasteiger partial charge on any atom is 0.275 e. The first-order valence-corrected chi connectivity index (χ1v) is 22.2. The van der Waals surface area contributed by atoms with Gasteiger partial charge in [-0.1, -0.05) is 24.3 Å². The normalized spacial score (nSPS) is 19.8. The highest BCUT2D eigenvalue weighted by Gasteiger charge is 2.40. The van der Waals surface area contributed by atoms with Crippen LogP contribution in [0.3, 0.4) is 0 Å². The molecule has 1 saturated carbocycles. The van der Waals surface area contributed by atoms with Crippen LogP contribution in [0.25, 0.3) is 0 Å². The average Bonchev–Trinajstić information content (AvgIpc) is 3.91. The van der Waals surface area contributed by atoms with Gasteiger partial charge >= 0.3 is 0 Å². The minimum Gasteiger partial charge on any atom is -0.393 e. The number of likely N-dealkylation sites (N-methyl/N-ethyl adjacent to an activating group) is 2. The summed E-state index contributed by atoms with van der Waals surface area (Å²) in [5, 5.41) is 29.5. The SMILES string of the molecule is CNC1(C(N)=O)CCN(c2ccccc2NC(=O)c2csc(Br)n2)CC1.CNC1(C(N)=O)CCN(c2ccccc2NC(=O)c2csc(NC3CCCC(O)C3)n2)CC1. The van der Waals surface area contributed by atoms with Crippen molar-refractivity contribution < 1.29 is 24.3 Å². The number of aliphatic hydroxyl groups is 1. The number of nitrogens with two attached hydrogens (primary N) is 2. The third-order valence-corrected chi connectivity index (χ3v) is 13.7. The molecular weight excluding hydrogens is 859 g/mol. The Labute approximate surface area is 360 Å². The molecule has 2 aliphatic heterocycles. The number of para-hydroxylation sites is 4. The number of halogens is 1. The number of carbonyl (C=O) groups is 4. The van der Waals surface area contributed by atoms with E-state index < -0.39 is 11.1 Å². The summed E-state index contributed by atoms with van der Waals surface area (Å²) >= 11 is 6.03. The van der Waals surface area contributed by atoms with Gasteiger partial charge in [-0.15, -0.1) is 22.7 Å². The molecular formula is C40H52BrN11O5S2. The maximum atomic E-state index is 12.9. The van der Waals surface area contributed by atoms with E-state index in [1.165, 1.54) is 22.7 Å². The Bertz CT molecular complexity index is 2100. The number of primary amides is 2. The van der Waals surface area contributed by atoms with Crippen molar-refractivity contribution in [2.75, 3.05) is 66.0 Å². The molecule has 2 unspecified atom stereocenters. The van der Waals surface area contributed by atoms with Crippen molar-refractivity contribution in [1.82, 2.24) is 20.6 Å². The average molecular weight is 911 g/mol. The Morgan fingerprint density at radius 2 is 1.22 bits per heavy atom. The van der Waals surface area contributed by atoms with Gasteiger partial charge < -0.3 is 53.0 Å². The summed E-state index contributed by atoms with van der Waals surface area (Å²) in [6.45, 7) is 2.63. The van der Waals surface area contributed by atoms with Gasteiger partial charge in [-0.25, -0.2) is 9.97 Å². The van der Waals surface area contributed by atoms with Gasteiger partial charge in [-0.2, -0.15) is 0 Å². The Hall–Kier alpha value is -4.66. The number of hydrogen-bond acceptors (Lipinski definition) is 14. The summed E-state index contributed by atoms with van der Waals surface area (Å²) in [7, 11) is 3.53. The van der Waals surface area contributed by atoms with Crippen LogP contribution in [-0.4, -0.2) is 102 Å². The second kappa shape index (κ2) is 19.6. The summed E-state index contributed by atoms with van der Waals surface area (Å²) in [5.74, 6) is -1.18. The summed E-state index contributed by atoms with van der Waals surface area (Å²) in [6, 6.07) is 15.5. The van der Waals surface area contributed by atoms with Crippen molar-refractivity contribution in [3.8, 4) is 0 Å². The van der Waals surface area contributed by atoms with E-state index in [0.29, 0.717) is 84.4 Å². The zero-order chi connectivity index (χ0) is 42.2. The van der Waals surface area contributed by atoms with E-state index in [0.717, 1.165) is 36.3 Å². The third kappa shape index (κ3) is 10.6. The molecule has 0 radical (unpaired) electrons. The van der Waals surface area contributed by atoms with E-state index >= 15 is 0 Å². The number of anilines is 5. The Kier molecular flexibility index (Phi) is 14.6. The number of benzene rings is 2. The second-order valence-corrected chi connectivity index (χ2v) is 18.0. The van der Waals surface area contributed by atoms with Gasteiger partial charge in [-0.3, -0.25) is 19.2 Å². The highest BCUT2D eigenvalue weighted by atomic mass is 79.9. The molecule has 4 amide bonds. The number of nitrogens with one attached hydrogen (secondary N) is 5. The number of hydrogen-bond donors (Lipinski definition) is 8. The van der Waals surface area contributed by atoms with Gasteiger partial charge in [0, 0.05) is 43.0 Å². The summed E-state index contributed by atoms with van der Waals surface area (Å²) in [4.78, 5) is 62.0. The lowest BCUT2D eigenvalue weighted by Crippen LogP contribution is -2.59. The molecule has 19 heteroatoms. The molecule has 2 atom stereocenters. The van der Waals surface area contributed by atoms with Crippen LogP contribution in [0, 0.1) is 0 Å². The summed E-state index contributed by atoms with van der Waals surface area (Å²) in [5.41, 5.74) is 13.8. The molecule has 1 aliphatic carbocycles. The van der Waals surface area contributed by atoms with Crippen LogP contribution in [0.15, 0.2) is 63.2 Å². The molecule has 2 aromatic heterocycles. The highest BCUT2D eigenvalue weighted by molar-refractivity contribution is 9.11. The topological polar surface area (TPSA) is 233 Å². The molecule has 59 heavy (non-hydrogen) atoms. The van der Waals surface area contributed by atoms with Crippen molar-refractivity contribution in [3.05, 3.63) is 74.6 Å². The zero-order valence-electron chi connectivity index (χ0n) is 33.1. The fraction of sp³-hybridized carbons (Fsp3) is 0.450. The standard InChI is InChI=1S/C23H32N6O3S.C17H20BrN5O2S/c1-25-23(21(24)32)9-11-29(12-10-23)19-8-3-2-7-17(19)27-20(31)18-14-33-22(28-18)26-15-5-4-6-16(30)13-15;1-20-17(15(19)25)6-8-23(9-7-17)13-5-3-2-4-11(13)21-14(24)12-10-26-16(18)22-12/h2-3,7-8,14-16,25,30H,4-6,9-13H2,1H3,(H2,24,32)(H,26,28)(H,27,31);2-5,10,20H,6-9H2,1H3,(H2,19,25)(H,21,24). The highest BCUT2D eigenvalue weighted by Crippen LogP contribution is 2.34. The number of aliphatic hydroxyl groups excluding tert-OH is 1. The van der Waals surface area contributed by atoms with Crippen LogP contribution >= 0.6 is 38.6 Å². The molecule has 2 aromatic carbocycles. The summed E-state index contributed by atoms with van der Waals surface area (Å²) in [6.07, 6.45) is 5.67. The molecule has 4 heterocycles. The Balaban J connectivity index is 0.000000204. The molecule has 316 valence electrons. The first kappa shape index (κ1) is 43.9. The molecule has 0 spiro atoms. The molecule has 0 bridgehead atoms. The Morgan fingerprint density at radius 1 is 0.746 bits per heavy atom. The minimum atomic E-state index is -0.687. The van der Waals surface area contributed by atoms with Gasteiger partial charge in [-0.05, 0) is 106 Å². The molecule has 7 rings (SSSR count). The number of piperidine rings is 2. The lowest BCUT2D eigenvalue weighted by molar-refractivity contribution is -0.125. The quantitative estimate of drug-likeness (QED) is 0.0992. The number of amides is 4. The maximum absolute atomic E-state index is 12.9. The third-order valence-electron chi connectivity index (χ3n) is 11.5. The number of nitrogens with zero attached hydrogens (tertiary/aromatic N) is 4. The van der Waals surface area contributed by atoms with Crippen LogP contribution in [0.4, 0.5) is 27.9 Å². The fourth-order valence-electron chi connectivity index (χ4n) is 7.85. The predicted molar refractivity (Wildman–Crippen MR) is 237 cm³/mol. The lowest BCUT2D eigenvalue weighted by Gasteiger charge is -2.41. The van der Waals surface area contributed by atoms with E-state index in [4.69, 9.17) is 11.5 Å². The van der Waals surface area contributed by atoms with Gasteiger partial charge in [0.25, 0.3) is 11.8 Å². The van der Waals surface area contributed by atoms with Crippen LogP contribution in [0.1, 0.15) is 72.3 Å². The van der Waals surface area contributed by atoms with Gasteiger partial charge in [0.05, 0.1) is 28.9 Å². The van der Waals surface area contributed by atoms with Crippen LogP contribution in [0.5, 0.6) is 0 Å².